The van der Waals surface area contributed by atoms with Gasteiger partial charge in [-0.05, 0) is 48.8 Å². The van der Waals surface area contributed by atoms with Crippen LogP contribution in [0.25, 0.3) is 6.08 Å². The summed E-state index contributed by atoms with van der Waals surface area (Å²) >= 11 is 0. The first kappa shape index (κ1) is 24.4. The topological polar surface area (TPSA) is 47.5 Å². The molecule has 2 spiro atoms. The van der Waals surface area contributed by atoms with Gasteiger partial charge < -0.3 is 9.47 Å². The van der Waals surface area contributed by atoms with Crippen LogP contribution < -0.4 is 19.9 Å². The second kappa shape index (κ2) is 10.00. The normalized spacial score (nSPS) is 20.8. The van der Waals surface area contributed by atoms with E-state index in [4.69, 9.17) is 14.3 Å². The van der Waals surface area contributed by atoms with Crippen molar-refractivity contribution in [3.05, 3.63) is 83.9 Å². The molecule has 2 aliphatic heterocycles. The lowest BCUT2D eigenvalue weighted by Crippen LogP contribution is -2.75. The van der Waals surface area contributed by atoms with Crippen LogP contribution in [-0.4, -0.2) is 19.9 Å². The summed E-state index contributed by atoms with van der Waals surface area (Å²) in [4.78, 5) is 7.68. The molecule has 3 aromatic carbocycles. The van der Waals surface area contributed by atoms with Crippen molar-refractivity contribution in [2.24, 2.45) is 0 Å². The maximum Gasteiger partial charge on any atom is 0.216 e. The van der Waals surface area contributed by atoms with E-state index in [2.05, 4.69) is 77.7 Å². The Morgan fingerprint density at radius 1 is 0.889 bits per heavy atom. The fourth-order valence-electron chi connectivity index (χ4n) is 6.35. The SMILES string of the molecule is CC.CO[NH2+]c1cc2c(c(OC)c1)OC1(C=C2)N(c2ccccc2)c2ccccc2C12CCCCC2. The maximum atomic E-state index is 7.24. The second-order valence-corrected chi connectivity index (χ2v) is 9.46. The molecule has 0 radical (unpaired) electrons. The van der Waals surface area contributed by atoms with Crippen molar-refractivity contribution in [2.75, 3.05) is 19.1 Å². The third-order valence-corrected chi connectivity index (χ3v) is 7.73. The smallest absolute Gasteiger partial charge is 0.216 e. The Morgan fingerprint density at radius 2 is 1.61 bits per heavy atom. The van der Waals surface area contributed by atoms with Crippen molar-refractivity contribution < 1.29 is 19.8 Å². The van der Waals surface area contributed by atoms with Crippen molar-refractivity contribution in [3.63, 3.8) is 0 Å². The molecule has 0 amide bonds. The van der Waals surface area contributed by atoms with Gasteiger partial charge in [0.2, 0.25) is 5.72 Å². The van der Waals surface area contributed by atoms with Crippen LogP contribution in [0.2, 0.25) is 0 Å². The molecule has 36 heavy (non-hydrogen) atoms. The lowest BCUT2D eigenvalue weighted by atomic mass is 9.64. The summed E-state index contributed by atoms with van der Waals surface area (Å²) in [5, 5.41) is 0. The number of hydrogen-bond acceptors (Lipinski definition) is 4. The van der Waals surface area contributed by atoms with Gasteiger partial charge in [0.25, 0.3) is 0 Å². The molecular weight excluding hydrogens is 448 g/mol. The van der Waals surface area contributed by atoms with Crippen LogP contribution in [0, 0.1) is 0 Å². The molecule has 3 aliphatic rings. The van der Waals surface area contributed by atoms with Crippen LogP contribution in [-0.2, 0) is 10.3 Å². The fourth-order valence-corrected chi connectivity index (χ4v) is 6.35. The summed E-state index contributed by atoms with van der Waals surface area (Å²) in [7, 11) is 3.36. The Bertz CT molecular complexity index is 1230. The van der Waals surface area contributed by atoms with Crippen LogP contribution in [0.5, 0.6) is 11.5 Å². The first-order valence-electron chi connectivity index (χ1n) is 13.1. The number of ether oxygens (including phenoxy) is 2. The van der Waals surface area contributed by atoms with E-state index in [0.29, 0.717) is 0 Å². The van der Waals surface area contributed by atoms with Crippen molar-refractivity contribution >= 4 is 23.1 Å². The van der Waals surface area contributed by atoms with Gasteiger partial charge in [-0.3, -0.25) is 4.90 Å². The highest BCUT2D eigenvalue weighted by Gasteiger charge is 2.64. The molecule has 5 nitrogen and oxygen atoms in total. The predicted octanol–water partition coefficient (Wildman–Crippen LogP) is 6.63. The Morgan fingerprint density at radius 3 is 2.33 bits per heavy atom. The van der Waals surface area contributed by atoms with E-state index in [1.54, 1.807) is 19.7 Å². The Labute approximate surface area is 214 Å². The lowest BCUT2D eigenvalue weighted by molar-refractivity contribution is -0.830. The molecule has 1 saturated carbocycles. The molecule has 0 saturated heterocycles. The van der Waals surface area contributed by atoms with E-state index in [1.165, 1.54) is 30.5 Å². The number of nitrogens with zero attached hydrogens (tertiary/aromatic N) is 1. The van der Waals surface area contributed by atoms with E-state index in [1.807, 2.05) is 19.9 Å². The predicted molar refractivity (Wildman–Crippen MR) is 145 cm³/mol. The van der Waals surface area contributed by atoms with Crippen LogP contribution in [0.3, 0.4) is 0 Å². The molecule has 0 bridgehead atoms. The van der Waals surface area contributed by atoms with Gasteiger partial charge in [0.1, 0.15) is 0 Å². The number of methoxy groups -OCH3 is 1. The zero-order valence-corrected chi connectivity index (χ0v) is 21.8. The molecule has 0 aromatic heterocycles. The minimum Gasteiger partial charge on any atom is -0.493 e. The highest BCUT2D eigenvalue weighted by atomic mass is 16.6. The number of quaternary nitrogens is 1. The van der Waals surface area contributed by atoms with Crippen LogP contribution in [0.4, 0.5) is 17.1 Å². The Kier molecular flexibility index (Phi) is 6.78. The molecule has 6 rings (SSSR count). The molecule has 2 heterocycles. The van der Waals surface area contributed by atoms with E-state index in [0.717, 1.165) is 41.3 Å². The summed E-state index contributed by atoms with van der Waals surface area (Å²) < 4.78 is 13.1. The van der Waals surface area contributed by atoms with Gasteiger partial charge in [-0.1, -0.05) is 69.5 Å². The Balaban J connectivity index is 0.00000130. The van der Waals surface area contributed by atoms with Crippen molar-refractivity contribution in [2.45, 2.75) is 57.1 Å². The standard InChI is InChI=1S/C29H30N2O3.C2H6/c1-32-26-20-22(30-33-2)19-21-15-18-29(34-27(21)26)28(16-9-4-10-17-28)24-13-7-8-14-25(24)31(29)23-11-5-3-6-12-23;1-2/h3,5-8,11-15,18-20,30H,4,9-10,16-17H2,1-2H3;1-2H3/p+1. The Hall–Kier alpha value is -3.28. The van der Waals surface area contributed by atoms with Gasteiger partial charge in [0, 0.05) is 29.1 Å². The van der Waals surface area contributed by atoms with Gasteiger partial charge in [-0.2, -0.15) is 5.48 Å². The molecule has 2 N–H and O–H groups in total. The summed E-state index contributed by atoms with van der Waals surface area (Å²) in [6.07, 6.45) is 10.3. The number of nitrogens with two attached hydrogens (primary N) is 1. The zero-order valence-electron chi connectivity index (χ0n) is 21.8. The summed E-state index contributed by atoms with van der Waals surface area (Å²) in [5.41, 5.74) is 6.60. The second-order valence-electron chi connectivity index (χ2n) is 9.46. The molecular formula is C31H37N2O3+. The number of benzene rings is 3. The van der Waals surface area contributed by atoms with E-state index < -0.39 is 5.72 Å². The molecule has 188 valence electrons. The van der Waals surface area contributed by atoms with Crippen LogP contribution in [0.1, 0.15) is 57.1 Å². The van der Waals surface area contributed by atoms with Gasteiger partial charge in [-0.15, -0.1) is 0 Å². The van der Waals surface area contributed by atoms with Gasteiger partial charge in [0.05, 0.1) is 19.6 Å². The van der Waals surface area contributed by atoms with E-state index >= 15 is 0 Å². The summed E-state index contributed by atoms with van der Waals surface area (Å²) in [6.45, 7) is 4.00. The number of rotatable bonds is 4. The molecule has 5 heteroatoms. The van der Waals surface area contributed by atoms with E-state index in [-0.39, 0.29) is 5.41 Å². The van der Waals surface area contributed by atoms with Crippen LogP contribution >= 0.6 is 0 Å². The number of para-hydroxylation sites is 2. The highest BCUT2D eigenvalue weighted by Crippen LogP contribution is 2.63. The third kappa shape index (κ3) is 3.61. The number of hydrogen-bond donors (Lipinski definition) is 1. The minimum absolute atomic E-state index is 0.145. The summed E-state index contributed by atoms with van der Waals surface area (Å²) in [5.74, 6) is 1.51. The third-order valence-electron chi connectivity index (χ3n) is 7.73. The molecule has 1 aliphatic carbocycles. The van der Waals surface area contributed by atoms with Gasteiger partial charge in [-0.25, -0.2) is 4.84 Å². The van der Waals surface area contributed by atoms with E-state index in [9.17, 15) is 0 Å². The van der Waals surface area contributed by atoms with Crippen molar-refractivity contribution in [1.82, 2.24) is 0 Å². The van der Waals surface area contributed by atoms with Crippen molar-refractivity contribution in [1.29, 1.82) is 0 Å². The first-order valence-corrected chi connectivity index (χ1v) is 13.1. The largest absolute Gasteiger partial charge is 0.493 e. The van der Waals surface area contributed by atoms with Gasteiger partial charge in [0.15, 0.2) is 17.2 Å². The number of fused-ring (bicyclic) bond motifs is 4. The summed E-state index contributed by atoms with van der Waals surface area (Å²) in [6, 6.07) is 23.6. The molecule has 1 atom stereocenters. The lowest BCUT2D eigenvalue weighted by Gasteiger charge is -2.51. The maximum absolute atomic E-state index is 7.24. The quantitative estimate of drug-likeness (QED) is 0.333. The molecule has 3 aromatic rings. The number of anilines is 2. The highest BCUT2D eigenvalue weighted by molar-refractivity contribution is 5.81. The fraction of sp³-hybridized carbons (Fsp3) is 0.355. The average molecular weight is 486 g/mol. The first-order chi connectivity index (χ1) is 17.7. The molecule has 1 unspecified atom stereocenters. The zero-order chi connectivity index (χ0) is 25.2. The minimum atomic E-state index is -0.675. The van der Waals surface area contributed by atoms with Crippen molar-refractivity contribution in [3.8, 4) is 11.5 Å². The monoisotopic (exact) mass is 485 g/mol. The van der Waals surface area contributed by atoms with Crippen LogP contribution in [0.15, 0.2) is 72.8 Å². The molecule has 1 fully saturated rings. The average Bonchev–Trinajstić information content (AvgIpc) is 3.15. The van der Waals surface area contributed by atoms with Gasteiger partial charge >= 0.3 is 0 Å².